The summed E-state index contributed by atoms with van der Waals surface area (Å²) in [6, 6.07) is 1.73. The van der Waals surface area contributed by atoms with Crippen LogP contribution in [-0.4, -0.2) is 79.5 Å². The Morgan fingerprint density at radius 1 is 0.966 bits per heavy atom. The van der Waals surface area contributed by atoms with Crippen molar-refractivity contribution < 1.29 is 9.84 Å². The van der Waals surface area contributed by atoms with E-state index in [2.05, 4.69) is 43.8 Å². The third-order valence-corrected chi connectivity index (χ3v) is 7.07. The monoisotopic (exact) mass is 411 g/mol. The van der Waals surface area contributed by atoms with Crippen molar-refractivity contribution in [3.8, 4) is 0 Å². The summed E-state index contributed by atoms with van der Waals surface area (Å²) in [5.74, 6) is 0. The van der Waals surface area contributed by atoms with Gasteiger partial charge in [-0.25, -0.2) is 0 Å². The van der Waals surface area contributed by atoms with Gasteiger partial charge in [-0.3, -0.25) is 36.8 Å². The largest absolute Gasteiger partial charge is 0.393 e. The van der Waals surface area contributed by atoms with Crippen LogP contribution >= 0.6 is 0 Å². The normalized spacial score (nSPS) is 44.0. The molecule has 2 saturated carbocycles. The minimum Gasteiger partial charge on any atom is -0.393 e. The zero-order valence-corrected chi connectivity index (χ0v) is 18.0. The second kappa shape index (κ2) is 10.3. The predicted octanol–water partition coefficient (Wildman–Crippen LogP) is -0.689. The van der Waals surface area contributed by atoms with Crippen molar-refractivity contribution in [3.63, 3.8) is 0 Å². The van der Waals surface area contributed by atoms with Crippen molar-refractivity contribution in [3.05, 3.63) is 0 Å². The van der Waals surface area contributed by atoms with Crippen LogP contribution < -0.4 is 31.9 Å². The first-order valence-electron chi connectivity index (χ1n) is 11.7. The number of nitrogens with zero attached hydrogens (tertiary/aromatic N) is 1. The molecule has 4 aliphatic rings. The Balaban J connectivity index is 1.27. The van der Waals surface area contributed by atoms with Gasteiger partial charge in [-0.1, -0.05) is 12.8 Å². The van der Waals surface area contributed by atoms with Crippen LogP contribution in [0.4, 0.5) is 0 Å². The van der Waals surface area contributed by atoms with Crippen LogP contribution in [0.1, 0.15) is 58.3 Å². The molecule has 9 heteroatoms. The number of ether oxygens (including phenoxy) is 1. The van der Waals surface area contributed by atoms with Gasteiger partial charge in [-0.15, -0.1) is 0 Å². The van der Waals surface area contributed by atoms with Gasteiger partial charge in [0.1, 0.15) is 12.6 Å². The molecule has 2 saturated heterocycles. The van der Waals surface area contributed by atoms with Crippen LogP contribution in [0.2, 0.25) is 0 Å². The maximum absolute atomic E-state index is 9.75. The molecule has 6 unspecified atom stereocenters. The Bertz CT molecular complexity index is 505. The molecule has 2 heterocycles. The third-order valence-electron chi connectivity index (χ3n) is 7.07. The molecular formula is C20H41N7O2. The second-order valence-electron chi connectivity index (χ2n) is 9.09. The van der Waals surface area contributed by atoms with E-state index in [0.717, 1.165) is 32.2 Å². The maximum atomic E-state index is 9.75. The zero-order chi connectivity index (χ0) is 20.2. The molecule has 168 valence electrons. The summed E-state index contributed by atoms with van der Waals surface area (Å²) in [5, 5.41) is 31.3. The smallest absolute Gasteiger partial charge is 0.167 e. The van der Waals surface area contributed by atoms with E-state index >= 15 is 0 Å². The molecule has 0 radical (unpaired) electrons. The standard InChI is InChI=1S/C20H41N7O2/c1-3-29-20-25-18(24-19(26-20)22-13-8-10-14(28)11-9-13)21-12-17-23-15-6-4-5-7-16(15)27(17)2/h13-26,28H,3-12H2,1-2H3. The van der Waals surface area contributed by atoms with E-state index in [1.54, 1.807) is 0 Å². The van der Waals surface area contributed by atoms with E-state index in [1.165, 1.54) is 25.7 Å². The molecule has 0 bridgehead atoms. The van der Waals surface area contributed by atoms with Crippen LogP contribution in [0.3, 0.4) is 0 Å². The molecule has 0 aromatic carbocycles. The summed E-state index contributed by atoms with van der Waals surface area (Å²) in [6.45, 7) is 3.53. The number of hydrogen-bond donors (Lipinski definition) is 7. The van der Waals surface area contributed by atoms with E-state index in [9.17, 15) is 5.11 Å². The van der Waals surface area contributed by atoms with Crippen LogP contribution in [-0.2, 0) is 4.74 Å². The number of aliphatic hydroxyl groups excluding tert-OH is 1. The van der Waals surface area contributed by atoms with Crippen molar-refractivity contribution in [1.82, 2.24) is 36.8 Å². The van der Waals surface area contributed by atoms with Crippen molar-refractivity contribution in [2.75, 3.05) is 20.2 Å². The van der Waals surface area contributed by atoms with Gasteiger partial charge >= 0.3 is 0 Å². The lowest BCUT2D eigenvalue weighted by Gasteiger charge is -2.41. The highest BCUT2D eigenvalue weighted by atomic mass is 16.5. The lowest BCUT2D eigenvalue weighted by molar-refractivity contribution is -0.0470. The van der Waals surface area contributed by atoms with Crippen LogP contribution in [0.15, 0.2) is 0 Å². The fourth-order valence-electron chi connectivity index (χ4n) is 5.39. The molecule has 4 fully saturated rings. The lowest BCUT2D eigenvalue weighted by Crippen LogP contribution is -2.76. The van der Waals surface area contributed by atoms with Crippen molar-refractivity contribution in [2.45, 2.75) is 108 Å². The van der Waals surface area contributed by atoms with Crippen molar-refractivity contribution in [1.29, 1.82) is 0 Å². The first kappa shape index (κ1) is 21.9. The number of rotatable bonds is 7. The van der Waals surface area contributed by atoms with Gasteiger partial charge < -0.3 is 9.84 Å². The molecular weight excluding hydrogens is 370 g/mol. The minimum absolute atomic E-state index is 0.0395. The maximum Gasteiger partial charge on any atom is 0.167 e. The van der Waals surface area contributed by atoms with E-state index in [-0.39, 0.29) is 25.0 Å². The Kier molecular flexibility index (Phi) is 7.76. The van der Waals surface area contributed by atoms with Gasteiger partial charge in [0.05, 0.1) is 12.3 Å². The average molecular weight is 412 g/mol. The van der Waals surface area contributed by atoms with Gasteiger partial charge in [0.25, 0.3) is 0 Å². The van der Waals surface area contributed by atoms with E-state index in [1.807, 2.05) is 6.92 Å². The molecule has 6 atom stereocenters. The van der Waals surface area contributed by atoms with Gasteiger partial charge in [0.15, 0.2) is 6.35 Å². The number of likely N-dealkylation sites (N-methyl/N-ethyl adjacent to an activating group) is 1. The van der Waals surface area contributed by atoms with Crippen LogP contribution in [0.5, 0.6) is 0 Å². The van der Waals surface area contributed by atoms with E-state index in [4.69, 9.17) is 4.74 Å². The summed E-state index contributed by atoms with van der Waals surface area (Å²) in [5.41, 5.74) is 0. The van der Waals surface area contributed by atoms with Gasteiger partial charge in [0.2, 0.25) is 0 Å². The summed E-state index contributed by atoms with van der Waals surface area (Å²) >= 11 is 0. The molecule has 29 heavy (non-hydrogen) atoms. The van der Waals surface area contributed by atoms with Gasteiger partial charge in [-0.05, 0) is 52.5 Å². The van der Waals surface area contributed by atoms with Crippen molar-refractivity contribution in [2.24, 2.45) is 0 Å². The molecule has 4 rings (SSSR count). The van der Waals surface area contributed by atoms with Gasteiger partial charge in [0, 0.05) is 31.3 Å². The summed E-state index contributed by atoms with van der Waals surface area (Å²) in [7, 11) is 2.25. The fourth-order valence-corrected chi connectivity index (χ4v) is 5.39. The SMILES string of the molecule is CCOC1NC(NCC2NC3CCCCC3N2C)NC(NC2CCC(O)CC2)N1. The highest BCUT2D eigenvalue weighted by Crippen LogP contribution is 2.28. The highest BCUT2D eigenvalue weighted by Gasteiger charge is 2.39. The quantitative estimate of drug-likeness (QED) is 0.293. The molecule has 2 aliphatic carbocycles. The van der Waals surface area contributed by atoms with Crippen LogP contribution in [0, 0.1) is 0 Å². The highest BCUT2D eigenvalue weighted by molar-refractivity contribution is 4.97. The molecule has 0 spiro atoms. The minimum atomic E-state index is -0.206. The Hall–Kier alpha value is -0.360. The Morgan fingerprint density at radius 2 is 1.72 bits per heavy atom. The average Bonchev–Trinajstić information content (AvgIpc) is 3.04. The molecule has 9 nitrogen and oxygen atoms in total. The lowest BCUT2D eigenvalue weighted by atomic mass is 9.91. The van der Waals surface area contributed by atoms with Crippen LogP contribution in [0.25, 0.3) is 0 Å². The zero-order valence-electron chi connectivity index (χ0n) is 18.0. The summed E-state index contributed by atoms with van der Waals surface area (Å²) < 4.78 is 5.81. The molecule has 7 N–H and O–H groups in total. The van der Waals surface area contributed by atoms with Gasteiger partial charge in [-0.2, -0.15) is 0 Å². The molecule has 0 aromatic rings. The number of fused-ring (bicyclic) bond motifs is 1. The topological polar surface area (TPSA) is 105 Å². The summed E-state index contributed by atoms with van der Waals surface area (Å²) in [6.07, 6.45) is 9.01. The Morgan fingerprint density at radius 3 is 2.48 bits per heavy atom. The number of nitrogens with one attached hydrogen (secondary N) is 6. The predicted molar refractivity (Wildman–Crippen MR) is 113 cm³/mol. The molecule has 0 aromatic heterocycles. The molecule has 2 aliphatic heterocycles. The third kappa shape index (κ3) is 5.66. The first-order valence-corrected chi connectivity index (χ1v) is 11.7. The molecule has 0 amide bonds. The number of hydrogen-bond acceptors (Lipinski definition) is 9. The fraction of sp³-hybridized carbons (Fsp3) is 1.00. The van der Waals surface area contributed by atoms with E-state index < -0.39 is 0 Å². The Labute approximate surface area is 175 Å². The summed E-state index contributed by atoms with van der Waals surface area (Å²) in [4.78, 5) is 2.51. The number of aliphatic hydroxyl groups is 1. The van der Waals surface area contributed by atoms with Crippen molar-refractivity contribution >= 4 is 0 Å². The second-order valence-corrected chi connectivity index (χ2v) is 9.09. The first-order chi connectivity index (χ1) is 14.1. The van der Waals surface area contributed by atoms with E-state index in [0.29, 0.717) is 30.9 Å².